The molecule has 0 N–H and O–H groups in total. The van der Waals surface area contributed by atoms with Crippen LogP contribution in [0.4, 0.5) is 0 Å². The number of carbonyl (C=O) groups excluding carboxylic acids is 1. The van der Waals surface area contributed by atoms with E-state index in [1.54, 1.807) is 0 Å². The molecule has 1 aromatic heterocycles. The van der Waals surface area contributed by atoms with E-state index in [1.807, 2.05) is 23.4 Å². The number of hydrogen-bond donors (Lipinski definition) is 0. The number of halogens is 1. The van der Waals surface area contributed by atoms with Gasteiger partial charge in [-0.1, -0.05) is 29.8 Å². The number of amides is 1. The Labute approximate surface area is 164 Å². The normalized spacial score (nSPS) is 15.5. The van der Waals surface area contributed by atoms with Gasteiger partial charge in [0.15, 0.2) is 0 Å². The van der Waals surface area contributed by atoms with Gasteiger partial charge in [0.05, 0.1) is 16.7 Å². The second-order valence-corrected chi connectivity index (χ2v) is 7.89. The topological polar surface area (TPSA) is 41.4 Å². The van der Waals surface area contributed by atoms with Crippen molar-refractivity contribution >= 4 is 21.8 Å². The molecule has 0 aliphatic carbocycles. The standard InChI is InChI=1S/C20H27BrN4O/c1-15-4-6-18(7-5-15)14-23-10-12-24(13-11-23)19(26)8-9-25-17(3)20(21)16(2)22-25/h4-7H,8-14H2,1-3H3. The number of carbonyl (C=O) groups is 1. The van der Waals surface area contributed by atoms with Gasteiger partial charge >= 0.3 is 0 Å². The summed E-state index contributed by atoms with van der Waals surface area (Å²) >= 11 is 3.54. The fourth-order valence-electron chi connectivity index (χ4n) is 3.36. The average Bonchev–Trinajstić information content (AvgIpc) is 2.89. The van der Waals surface area contributed by atoms with E-state index in [1.165, 1.54) is 11.1 Å². The Balaban J connectivity index is 1.46. The van der Waals surface area contributed by atoms with Gasteiger partial charge in [0.25, 0.3) is 0 Å². The van der Waals surface area contributed by atoms with Crippen LogP contribution >= 0.6 is 15.9 Å². The molecule has 1 aliphatic rings. The summed E-state index contributed by atoms with van der Waals surface area (Å²) in [6, 6.07) is 8.71. The van der Waals surface area contributed by atoms with Gasteiger partial charge in [-0.2, -0.15) is 5.10 Å². The molecule has 0 bridgehead atoms. The quantitative estimate of drug-likeness (QED) is 0.747. The second kappa shape index (κ2) is 8.35. The third-order valence-corrected chi connectivity index (χ3v) is 6.23. The first-order chi connectivity index (χ1) is 12.4. The zero-order valence-electron chi connectivity index (χ0n) is 15.8. The third-order valence-electron chi connectivity index (χ3n) is 5.08. The van der Waals surface area contributed by atoms with Gasteiger partial charge < -0.3 is 4.90 Å². The lowest BCUT2D eigenvalue weighted by Crippen LogP contribution is -2.48. The predicted octanol–water partition coefficient (Wildman–Crippen LogP) is 3.31. The van der Waals surface area contributed by atoms with Crippen molar-refractivity contribution in [3.05, 3.63) is 51.3 Å². The van der Waals surface area contributed by atoms with E-state index >= 15 is 0 Å². The van der Waals surface area contributed by atoms with E-state index in [4.69, 9.17) is 0 Å². The highest BCUT2D eigenvalue weighted by atomic mass is 79.9. The number of aryl methyl sites for hydroxylation is 3. The highest BCUT2D eigenvalue weighted by Crippen LogP contribution is 2.20. The van der Waals surface area contributed by atoms with E-state index in [9.17, 15) is 4.79 Å². The Morgan fingerprint density at radius 1 is 1.08 bits per heavy atom. The first kappa shape index (κ1) is 19.1. The summed E-state index contributed by atoms with van der Waals surface area (Å²) in [7, 11) is 0. The molecular formula is C20H27BrN4O. The van der Waals surface area contributed by atoms with Crippen molar-refractivity contribution in [1.82, 2.24) is 19.6 Å². The summed E-state index contributed by atoms with van der Waals surface area (Å²) in [5, 5.41) is 4.48. The summed E-state index contributed by atoms with van der Waals surface area (Å²) in [4.78, 5) is 16.9. The van der Waals surface area contributed by atoms with Gasteiger partial charge in [-0.05, 0) is 42.3 Å². The first-order valence-electron chi connectivity index (χ1n) is 9.19. The van der Waals surface area contributed by atoms with Crippen LogP contribution in [0.3, 0.4) is 0 Å². The lowest BCUT2D eigenvalue weighted by Gasteiger charge is -2.34. The third kappa shape index (κ3) is 4.54. The van der Waals surface area contributed by atoms with Gasteiger partial charge in [-0.15, -0.1) is 0 Å². The Hall–Kier alpha value is -1.66. The number of nitrogens with zero attached hydrogens (tertiary/aromatic N) is 4. The maximum absolute atomic E-state index is 12.5. The maximum atomic E-state index is 12.5. The molecule has 0 spiro atoms. The summed E-state index contributed by atoms with van der Waals surface area (Å²) in [5.74, 6) is 0.226. The minimum absolute atomic E-state index is 0.226. The molecule has 0 unspecified atom stereocenters. The van der Waals surface area contributed by atoms with Crippen molar-refractivity contribution in [1.29, 1.82) is 0 Å². The molecule has 140 valence electrons. The lowest BCUT2D eigenvalue weighted by molar-refractivity contribution is -0.133. The van der Waals surface area contributed by atoms with Crippen LogP contribution in [0, 0.1) is 20.8 Å². The molecule has 1 amide bonds. The van der Waals surface area contributed by atoms with Crippen LogP contribution in [0.25, 0.3) is 0 Å². The number of aromatic nitrogens is 2. The molecule has 1 saturated heterocycles. The van der Waals surface area contributed by atoms with E-state index in [0.29, 0.717) is 13.0 Å². The van der Waals surface area contributed by atoms with Crippen LogP contribution in [0.5, 0.6) is 0 Å². The molecule has 1 fully saturated rings. The van der Waals surface area contributed by atoms with Gasteiger partial charge in [0, 0.05) is 44.8 Å². The second-order valence-electron chi connectivity index (χ2n) is 7.10. The SMILES string of the molecule is Cc1ccc(CN2CCN(C(=O)CCn3nc(C)c(Br)c3C)CC2)cc1. The summed E-state index contributed by atoms with van der Waals surface area (Å²) in [6.07, 6.45) is 0.506. The van der Waals surface area contributed by atoms with E-state index in [-0.39, 0.29) is 5.91 Å². The summed E-state index contributed by atoms with van der Waals surface area (Å²) < 4.78 is 2.96. The Morgan fingerprint density at radius 3 is 2.31 bits per heavy atom. The number of rotatable bonds is 5. The summed E-state index contributed by atoms with van der Waals surface area (Å²) in [5.41, 5.74) is 4.68. The molecular weight excluding hydrogens is 392 g/mol. The minimum atomic E-state index is 0.226. The smallest absolute Gasteiger partial charge is 0.224 e. The average molecular weight is 419 g/mol. The van der Waals surface area contributed by atoms with Crippen LogP contribution in [-0.4, -0.2) is 51.7 Å². The molecule has 0 saturated carbocycles. The highest BCUT2D eigenvalue weighted by Gasteiger charge is 2.21. The molecule has 2 heterocycles. The minimum Gasteiger partial charge on any atom is -0.340 e. The lowest BCUT2D eigenvalue weighted by atomic mass is 10.1. The van der Waals surface area contributed by atoms with Crippen LogP contribution in [-0.2, 0) is 17.9 Å². The largest absolute Gasteiger partial charge is 0.340 e. The zero-order chi connectivity index (χ0) is 18.7. The maximum Gasteiger partial charge on any atom is 0.224 e. The monoisotopic (exact) mass is 418 g/mol. The fraction of sp³-hybridized carbons (Fsp3) is 0.500. The van der Waals surface area contributed by atoms with Crippen molar-refractivity contribution < 1.29 is 4.79 Å². The zero-order valence-corrected chi connectivity index (χ0v) is 17.4. The van der Waals surface area contributed by atoms with Gasteiger partial charge in [-0.25, -0.2) is 0 Å². The molecule has 3 rings (SSSR count). The highest BCUT2D eigenvalue weighted by molar-refractivity contribution is 9.10. The Bertz CT molecular complexity index is 761. The van der Waals surface area contributed by atoms with Crippen molar-refractivity contribution in [3.63, 3.8) is 0 Å². The molecule has 0 atom stereocenters. The molecule has 5 nitrogen and oxygen atoms in total. The van der Waals surface area contributed by atoms with Gasteiger partial charge in [-0.3, -0.25) is 14.4 Å². The van der Waals surface area contributed by atoms with Crippen molar-refractivity contribution in [2.24, 2.45) is 0 Å². The van der Waals surface area contributed by atoms with Crippen LogP contribution in [0.15, 0.2) is 28.7 Å². The first-order valence-corrected chi connectivity index (χ1v) is 9.98. The molecule has 26 heavy (non-hydrogen) atoms. The van der Waals surface area contributed by atoms with Crippen molar-refractivity contribution in [2.75, 3.05) is 26.2 Å². The summed E-state index contributed by atoms with van der Waals surface area (Å²) in [6.45, 7) is 11.2. The fourth-order valence-corrected chi connectivity index (χ4v) is 3.64. The van der Waals surface area contributed by atoms with Crippen molar-refractivity contribution in [3.8, 4) is 0 Å². The van der Waals surface area contributed by atoms with Gasteiger partial charge in [0.2, 0.25) is 5.91 Å². The van der Waals surface area contributed by atoms with E-state index in [2.05, 4.69) is 57.1 Å². The number of hydrogen-bond acceptors (Lipinski definition) is 3. The van der Waals surface area contributed by atoms with Crippen molar-refractivity contribution in [2.45, 2.75) is 40.3 Å². The van der Waals surface area contributed by atoms with Crippen LogP contribution in [0.2, 0.25) is 0 Å². The Kier molecular flexibility index (Phi) is 6.14. The molecule has 6 heteroatoms. The molecule has 2 aromatic rings. The van der Waals surface area contributed by atoms with E-state index in [0.717, 1.165) is 48.6 Å². The number of benzene rings is 1. The Morgan fingerprint density at radius 2 is 1.73 bits per heavy atom. The molecule has 0 radical (unpaired) electrons. The molecule has 1 aromatic carbocycles. The predicted molar refractivity (Wildman–Crippen MR) is 107 cm³/mol. The molecule has 1 aliphatic heterocycles. The van der Waals surface area contributed by atoms with Crippen LogP contribution in [0.1, 0.15) is 28.9 Å². The van der Waals surface area contributed by atoms with E-state index < -0.39 is 0 Å². The number of piperazine rings is 1. The van der Waals surface area contributed by atoms with Crippen LogP contribution < -0.4 is 0 Å². The van der Waals surface area contributed by atoms with Gasteiger partial charge in [0.1, 0.15) is 0 Å².